The van der Waals surface area contributed by atoms with Crippen LogP contribution in [0.5, 0.6) is 0 Å². The Hall–Kier alpha value is -0.650. The van der Waals surface area contributed by atoms with Crippen LogP contribution < -0.4 is 0 Å². The largest absolute Gasteiger partial charge is 0.469 e. The summed E-state index contributed by atoms with van der Waals surface area (Å²) in [6.07, 6.45) is 10.9. The van der Waals surface area contributed by atoms with Gasteiger partial charge in [-0.15, -0.1) is 0 Å². The zero-order chi connectivity index (χ0) is 18.9. The van der Waals surface area contributed by atoms with Gasteiger partial charge < -0.3 is 19.7 Å². The lowest BCUT2D eigenvalue weighted by Crippen LogP contribution is -2.29. The number of methoxy groups -OCH3 is 2. The van der Waals surface area contributed by atoms with Gasteiger partial charge in [-0.3, -0.25) is 4.79 Å². The van der Waals surface area contributed by atoms with Crippen molar-refractivity contribution in [3.05, 3.63) is 0 Å². The molecule has 0 saturated heterocycles. The van der Waals surface area contributed by atoms with E-state index in [0.29, 0.717) is 19.3 Å². The highest BCUT2D eigenvalue weighted by Gasteiger charge is 2.19. The molecule has 0 amide bonds. The van der Waals surface area contributed by atoms with Gasteiger partial charge in [-0.1, -0.05) is 51.9 Å². The number of aliphatic hydroxyl groups is 2. The summed E-state index contributed by atoms with van der Waals surface area (Å²) in [5, 5.41) is 20.3. The summed E-state index contributed by atoms with van der Waals surface area (Å²) in [7, 11) is 3.05. The molecule has 0 aliphatic carbocycles. The maximum Gasteiger partial charge on any atom is 0.305 e. The lowest BCUT2D eigenvalue weighted by Gasteiger charge is -2.22. The predicted molar refractivity (Wildman–Crippen MR) is 101 cm³/mol. The summed E-state index contributed by atoms with van der Waals surface area (Å²) in [5.41, 5.74) is 0. The minimum absolute atomic E-state index is 0.139. The Labute approximate surface area is 154 Å². The van der Waals surface area contributed by atoms with E-state index in [4.69, 9.17) is 4.74 Å². The molecule has 0 aromatic heterocycles. The average Bonchev–Trinajstić information content (AvgIpc) is 2.61. The zero-order valence-electron chi connectivity index (χ0n) is 16.5. The van der Waals surface area contributed by atoms with Crippen molar-refractivity contribution in [3.8, 4) is 0 Å². The molecule has 2 N–H and O–H groups in total. The summed E-state index contributed by atoms with van der Waals surface area (Å²) < 4.78 is 10.0. The van der Waals surface area contributed by atoms with Gasteiger partial charge in [-0.25, -0.2) is 0 Å². The molecule has 0 rings (SSSR count). The van der Waals surface area contributed by atoms with Gasteiger partial charge in [-0.05, 0) is 32.1 Å². The summed E-state index contributed by atoms with van der Waals surface area (Å²) in [6, 6.07) is 0. The fourth-order valence-electron chi connectivity index (χ4n) is 3.04. The molecule has 150 valence electrons. The minimum Gasteiger partial charge on any atom is -0.469 e. The van der Waals surface area contributed by atoms with Crippen molar-refractivity contribution in [2.75, 3.05) is 14.2 Å². The van der Waals surface area contributed by atoms with E-state index >= 15 is 0 Å². The Morgan fingerprint density at radius 2 is 1.48 bits per heavy atom. The van der Waals surface area contributed by atoms with Crippen LogP contribution in [0.15, 0.2) is 0 Å². The number of hydrogen-bond acceptors (Lipinski definition) is 5. The third-order valence-corrected chi connectivity index (χ3v) is 4.77. The number of ether oxygens (including phenoxy) is 2. The molecule has 0 aromatic rings. The van der Waals surface area contributed by atoms with Crippen LogP contribution >= 0.6 is 0 Å². The quantitative estimate of drug-likeness (QED) is 0.303. The fourth-order valence-corrected chi connectivity index (χ4v) is 3.04. The number of unbranched alkanes of at least 4 members (excludes halogenated alkanes) is 6. The molecule has 5 nitrogen and oxygen atoms in total. The molecular weight excluding hydrogens is 320 g/mol. The van der Waals surface area contributed by atoms with Crippen LogP contribution in [0.3, 0.4) is 0 Å². The Morgan fingerprint density at radius 1 is 0.840 bits per heavy atom. The van der Waals surface area contributed by atoms with Crippen LogP contribution in [-0.4, -0.2) is 48.7 Å². The predicted octanol–water partition coefficient (Wildman–Crippen LogP) is 3.99. The number of hydrogen-bond donors (Lipinski definition) is 2. The van der Waals surface area contributed by atoms with Crippen molar-refractivity contribution in [1.82, 2.24) is 0 Å². The monoisotopic (exact) mass is 360 g/mol. The van der Waals surface area contributed by atoms with Crippen LogP contribution in [-0.2, 0) is 14.3 Å². The second kappa shape index (κ2) is 16.8. The van der Waals surface area contributed by atoms with E-state index < -0.39 is 6.10 Å². The van der Waals surface area contributed by atoms with E-state index in [0.717, 1.165) is 64.2 Å². The maximum absolute atomic E-state index is 11.0. The molecule has 0 spiro atoms. The van der Waals surface area contributed by atoms with E-state index in [2.05, 4.69) is 11.7 Å². The first-order chi connectivity index (χ1) is 12.0. The number of carbonyl (C=O) groups is 1. The molecule has 3 unspecified atom stereocenters. The van der Waals surface area contributed by atoms with Crippen LogP contribution in [0.2, 0.25) is 0 Å². The van der Waals surface area contributed by atoms with Crippen molar-refractivity contribution >= 4 is 5.97 Å². The van der Waals surface area contributed by atoms with Crippen LogP contribution in [0.25, 0.3) is 0 Å². The highest BCUT2D eigenvalue weighted by atomic mass is 16.5. The van der Waals surface area contributed by atoms with Gasteiger partial charge in [0.2, 0.25) is 0 Å². The minimum atomic E-state index is -0.432. The van der Waals surface area contributed by atoms with Gasteiger partial charge >= 0.3 is 5.97 Å². The van der Waals surface area contributed by atoms with Gasteiger partial charge in [-0.2, -0.15) is 0 Å². The van der Waals surface area contributed by atoms with Gasteiger partial charge in [0.25, 0.3) is 0 Å². The van der Waals surface area contributed by atoms with E-state index in [1.807, 2.05) is 0 Å². The Bertz CT molecular complexity index is 308. The smallest absolute Gasteiger partial charge is 0.305 e. The van der Waals surface area contributed by atoms with Crippen LogP contribution in [0.4, 0.5) is 0 Å². The molecule has 0 bridgehead atoms. The second-order valence-electron chi connectivity index (χ2n) is 6.95. The highest BCUT2D eigenvalue weighted by Crippen LogP contribution is 2.17. The Morgan fingerprint density at radius 3 is 2.12 bits per heavy atom. The van der Waals surface area contributed by atoms with Gasteiger partial charge in [0.05, 0.1) is 25.4 Å². The number of rotatable bonds is 17. The van der Waals surface area contributed by atoms with E-state index in [1.165, 1.54) is 7.11 Å². The Kier molecular flexibility index (Phi) is 16.4. The number of esters is 1. The molecule has 0 aliphatic rings. The van der Waals surface area contributed by atoms with E-state index in [9.17, 15) is 15.0 Å². The maximum atomic E-state index is 11.0. The standard InChI is InChI=1S/C20H40O5/c1-4-5-9-13-18(22)19(24-2)16-15-17(21)12-10-7-6-8-11-14-20(23)25-3/h17-19,21-22H,4-16H2,1-3H3. The average molecular weight is 361 g/mol. The molecular formula is C20H40O5. The normalized spacial score (nSPS) is 14.9. The molecule has 0 aliphatic heterocycles. The van der Waals surface area contributed by atoms with Gasteiger partial charge in [0.1, 0.15) is 0 Å². The number of carbonyl (C=O) groups excluding carboxylic acids is 1. The molecule has 0 radical (unpaired) electrons. The van der Waals surface area contributed by atoms with Crippen molar-refractivity contribution in [3.63, 3.8) is 0 Å². The molecule has 0 saturated carbocycles. The van der Waals surface area contributed by atoms with Crippen molar-refractivity contribution in [2.24, 2.45) is 0 Å². The summed E-state index contributed by atoms with van der Waals surface area (Å²) in [5.74, 6) is -0.139. The summed E-state index contributed by atoms with van der Waals surface area (Å²) in [4.78, 5) is 11.0. The lowest BCUT2D eigenvalue weighted by atomic mass is 9.98. The van der Waals surface area contributed by atoms with Crippen molar-refractivity contribution in [1.29, 1.82) is 0 Å². The molecule has 25 heavy (non-hydrogen) atoms. The zero-order valence-corrected chi connectivity index (χ0v) is 16.5. The first-order valence-electron chi connectivity index (χ1n) is 10.0. The summed E-state index contributed by atoms with van der Waals surface area (Å²) >= 11 is 0. The summed E-state index contributed by atoms with van der Waals surface area (Å²) in [6.45, 7) is 2.15. The molecule has 3 atom stereocenters. The molecule has 0 fully saturated rings. The number of aliphatic hydroxyl groups excluding tert-OH is 2. The van der Waals surface area contributed by atoms with Gasteiger partial charge in [0.15, 0.2) is 0 Å². The van der Waals surface area contributed by atoms with Crippen molar-refractivity contribution in [2.45, 2.75) is 109 Å². The van der Waals surface area contributed by atoms with Crippen LogP contribution in [0, 0.1) is 0 Å². The third kappa shape index (κ3) is 14.2. The molecule has 0 aromatic carbocycles. The van der Waals surface area contributed by atoms with Crippen LogP contribution in [0.1, 0.15) is 90.4 Å². The Balaban J connectivity index is 3.66. The molecule has 0 heterocycles. The fraction of sp³-hybridized carbons (Fsp3) is 0.950. The second-order valence-corrected chi connectivity index (χ2v) is 6.95. The van der Waals surface area contributed by atoms with Gasteiger partial charge in [0, 0.05) is 13.5 Å². The molecule has 5 heteroatoms. The lowest BCUT2D eigenvalue weighted by molar-refractivity contribution is -0.140. The first kappa shape index (κ1) is 24.4. The van der Waals surface area contributed by atoms with Crippen molar-refractivity contribution < 1.29 is 24.5 Å². The SMILES string of the molecule is CCCCCC(O)C(CCC(O)CCCCCCCC(=O)OC)OC. The van der Waals surface area contributed by atoms with E-state index in [1.54, 1.807) is 7.11 Å². The topological polar surface area (TPSA) is 76.0 Å². The van der Waals surface area contributed by atoms with E-state index in [-0.39, 0.29) is 18.2 Å². The highest BCUT2D eigenvalue weighted by molar-refractivity contribution is 5.68. The third-order valence-electron chi connectivity index (χ3n) is 4.77. The first-order valence-corrected chi connectivity index (χ1v) is 10.0.